The summed E-state index contributed by atoms with van der Waals surface area (Å²) in [4.78, 5) is 12.9. The van der Waals surface area contributed by atoms with Crippen molar-refractivity contribution in [3.8, 4) is 17.1 Å². The standard InChI is InChI=1S/C15H9NO6S.2Na/c16-11-7-3-1-5-9(11)13-14(17)10-6-2-4-8-12(10)21-15(13)22-23(18,19)20;;/h1-2,5-8H,16H2,(H,18,19,20);;. The molecule has 3 N–H and O–H groups in total. The molecule has 0 saturated carbocycles. The van der Waals surface area contributed by atoms with E-state index in [0.717, 1.165) is 33.6 Å². The number of nitrogens with two attached hydrogens (primary N) is 1. The van der Waals surface area contributed by atoms with Crippen LogP contribution in [0.3, 0.4) is 0 Å². The van der Waals surface area contributed by atoms with Gasteiger partial charge in [-0.1, -0.05) is 0 Å². The Morgan fingerprint density at radius 2 is 1.72 bits per heavy atom. The van der Waals surface area contributed by atoms with Crippen molar-refractivity contribution in [2.24, 2.45) is 0 Å². The van der Waals surface area contributed by atoms with Crippen LogP contribution in [0.5, 0.6) is 5.95 Å². The van der Waals surface area contributed by atoms with Gasteiger partial charge in [-0.25, -0.2) is 0 Å². The quantitative estimate of drug-likeness (QED) is 0.369. The molecule has 0 aliphatic heterocycles. The molecule has 0 saturated heterocycles. The van der Waals surface area contributed by atoms with Gasteiger partial charge in [0.05, 0.1) is 0 Å². The summed E-state index contributed by atoms with van der Waals surface area (Å²) in [5, 5.41) is 0.270. The molecule has 0 amide bonds. The van der Waals surface area contributed by atoms with Crippen LogP contribution in [-0.4, -0.2) is 68.8 Å². The Morgan fingerprint density at radius 1 is 1.08 bits per heavy atom. The van der Waals surface area contributed by atoms with Gasteiger partial charge in [0.2, 0.25) is 0 Å². The number of rotatable bonds is 3. The summed E-state index contributed by atoms with van der Waals surface area (Å²) in [7, 11) is -4.88. The van der Waals surface area contributed by atoms with Gasteiger partial charge in [0.25, 0.3) is 0 Å². The number of hydrogen-bond acceptors (Lipinski definition) is 6. The molecular formula is C15H9NNa2O6S. The van der Waals surface area contributed by atoms with Gasteiger partial charge in [-0.3, -0.25) is 0 Å². The first-order valence-corrected chi connectivity index (χ1v) is 10.6. The van der Waals surface area contributed by atoms with Crippen molar-refractivity contribution < 1.29 is 21.6 Å². The topological polar surface area (TPSA) is 120 Å². The van der Waals surface area contributed by atoms with Crippen molar-refractivity contribution >= 4 is 88.5 Å². The Bertz CT molecular complexity index is 1160. The molecule has 3 rings (SSSR count). The zero-order chi connectivity index (χ0) is 18.4. The minimum absolute atomic E-state index is 0.148. The van der Waals surface area contributed by atoms with E-state index >= 15 is 0 Å². The van der Waals surface area contributed by atoms with Crippen LogP contribution in [0.1, 0.15) is 0 Å². The van der Waals surface area contributed by atoms with Crippen LogP contribution >= 0.6 is 0 Å². The fraction of sp³-hybridized carbons (Fsp3) is 0. The van der Waals surface area contributed by atoms with Crippen molar-refractivity contribution in [3.05, 3.63) is 46.6 Å². The fourth-order valence-corrected chi connectivity index (χ4v) is 3.79. The van der Waals surface area contributed by atoms with Gasteiger partial charge in [0, 0.05) is 0 Å². The Hall–Kier alpha value is -0.840. The molecule has 0 aliphatic rings. The Balaban J connectivity index is 2.42. The Kier molecular flexibility index (Phi) is 5.34. The number of nitrogen functional groups attached to an aromatic ring is 1. The van der Waals surface area contributed by atoms with Crippen molar-refractivity contribution in [1.82, 2.24) is 0 Å². The van der Waals surface area contributed by atoms with E-state index < -0.39 is 21.8 Å². The summed E-state index contributed by atoms with van der Waals surface area (Å²) in [5.41, 5.74) is 6.11. The molecule has 0 radical (unpaired) electrons. The molecule has 0 fully saturated rings. The third-order valence-corrected chi connectivity index (χ3v) is 5.28. The summed E-state index contributed by atoms with van der Waals surface area (Å²) in [6, 6.07) is 10.1. The Labute approximate surface area is 177 Å². The van der Waals surface area contributed by atoms with Crippen molar-refractivity contribution in [1.29, 1.82) is 0 Å². The van der Waals surface area contributed by atoms with E-state index in [9.17, 15) is 13.2 Å². The normalized spacial score (nSPS) is 11.7. The molecule has 10 heteroatoms. The van der Waals surface area contributed by atoms with Gasteiger partial charge < -0.3 is 0 Å². The predicted molar refractivity (Wildman–Crippen MR) is 95.3 cm³/mol. The molecule has 3 aromatic rings. The van der Waals surface area contributed by atoms with Gasteiger partial charge >= 0.3 is 180 Å². The van der Waals surface area contributed by atoms with Gasteiger partial charge in [-0.05, 0) is 0 Å². The summed E-state index contributed by atoms with van der Waals surface area (Å²) in [6.07, 6.45) is 0. The summed E-state index contributed by atoms with van der Waals surface area (Å²) < 4.78 is 43.4. The summed E-state index contributed by atoms with van der Waals surface area (Å²) in [5.74, 6) is -0.611. The predicted octanol–water partition coefficient (Wildman–Crippen LogP) is -0.189. The van der Waals surface area contributed by atoms with Gasteiger partial charge in [-0.2, -0.15) is 0 Å². The maximum atomic E-state index is 12.9. The average Bonchev–Trinajstić information content (AvgIpc) is 2.47. The second kappa shape index (κ2) is 7.05. The van der Waals surface area contributed by atoms with Crippen LogP contribution in [-0.2, 0) is 10.4 Å². The first kappa shape index (κ1) is 18.9. The first-order valence-electron chi connectivity index (χ1n) is 7.26. The summed E-state index contributed by atoms with van der Waals surface area (Å²) >= 11 is 1.48. The first-order chi connectivity index (χ1) is 11.7. The second-order valence-corrected chi connectivity index (χ2v) is 9.03. The van der Waals surface area contributed by atoms with E-state index in [1.54, 1.807) is 36.4 Å². The second-order valence-electron chi connectivity index (χ2n) is 5.70. The molecule has 1 aromatic heterocycles. The van der Waals surface area contributed by atoms with Gasteiger partial charge in [0.1, 0.15) is 0 Å². The number of anilines is 1. The van der Waals surface area contributed by atoms with Crippen LogP contribution < -0.4 is 21.0 Å². The molecule has 0 aliphatic carbocycles. The zero-order valence-electron chi connectivity index (χ0n) is 13.4. The van der Waals surface area contributed by atoms with E-state index in [2.05, 4.69) is 4.18 Å². The molecule has 0 unspecified atom stereocenters. The molecule has 2 aromatic carbocycles. The molecule has 1 heterocycles. The van der Waals surface area contributed by atoms with Crippen molar-refractivity contribution in [2.75, 3.05) is 5.73 Å². The molecule has 118 valence electrons. The average molecular weight is 377 g/mol. The van der Waals surface area contributed by atoms with E-state index in [1.165, 1.54) is 0 Å². The van der Waals surface area contributed by atoms with E-state index in [-0.39, 0.29) is 22.1 Å². The molecule has 0 bridgehead atoms. The van der Waals surface area contributed by atoms with Crippen LogP contribution in [0.25, 0.3) is 22.1 Å². The van der Waals surface area contributed by atoms with Gasteiger partial charge in [-0.15, -0.1) is 0 Å². The van der Waals surface area contributed by atoms with Crippen molar-refractivity contribution in [2.45, 2.75) is 0 Å². The molecule has 25 heavy (non-hydrogen) atoms. The molecular weight excluding hydrogens is 368 g/mol. The fourth-order valence-electron chi connectivity index (χ4n) is 2.58. The van der Waals surface area contributed by atoms with Crippen LogP contribution in [0.4, 0.5) is 5.69 Å². The molecule has 7 nitrogen and oxygen atoms in total. The summed E-state index contributed by atoms with van der Waals surface area (Å²) in [6.45, 7) is 0. The van der Waals surface area contributed by atoms with Crippen LogP contribution in [0, 0.1) is 0 Å². The van der Waals surface area contributed by atoms with E-state index in [1.807, 2.05) is 0 Å². The van der Waals surface area contributed by atoms with Crippen LogP contribution in [0.2, 0.25) is 0 Å². The third kappa shape index (κ3) is 4.12. The number of hydrogen-bond donors (Lipinski definition) is 2. The number of fused-ring (bicyclic) bond motifs is 1. The Morgan fingerprint density at radius 3 is 2.36 bits per heavy atom. The monoisotopic (exact) mass is 377 g/mol. The van der Waals surface area contributed by atoms with E-state index in [4.69, 9.17) is 14.7 Å². The minimum atomic E-state index is -4.88. The van der Waals surface area contributed by atoms with E-state index in [0.29, 0.717) is 33.6 Å². The van der Waals surface area contributed by atoms with Gasteiger partial charge in [0.15, 0.2) is 0 Å². The maximum absolute atomic E-state index is 12.9. The van der Waals surface area contributed by atoms with Crippen molar-refractivity contribution in [3.63, 3.8) is 0 Å². The zero-order valence-corrected chi connectivity index (χ0v) is 18.3. The molecule has 0 spiro atoms. The third-order valence-electron chi connectivity index (χ3n) is 3.67. The van der Waals surface area contributed by atoms with Crippen LogP contribution in [0.15, 0.2) is 45.6 Å². The SMILES string of the molecule is Nc1c[c]([Na])ccc1-c1c(OS(=O)(=O)O)oc2c[c]([Na])ccc2c1=O. The molecule has 0 atom stereocenters. The number of benzene rings is 2.